The lowest BCUT2D eigenvalue weighted by Crippen LogP contribution is -2.28. The molecule has 1 amide bonds. The number of carbonyl (C=O) groups is 2. The summed E-state index contributed by atoms with van der Waals surface area (Å²) in [5.41, 5.74) is 5.79. The molecular weight excluding hydrogens is 366 g/mol. The molecule has 3 aromatic rings. The molecule has 0 saturated heterocycles. The summed E-state index contributed by atoms with van der Waals surface area (Å²) in [6.07, 6.45) is -0.408. The number of rotatable bonds is 5. The van der Waals surface area contributed by atoms with Crippen LogP contribution in [0, 0.1) is 0 Å². The Hall–Kier alpha value is -3.60. The van der Waals surface area contributed by atoms with Crippen molar-refractivity contribution >= 4 is 12.1 Å². The number of carbonyl (C=O) groups excluding carboxylic acids is 1. The molecule has 0 heterocycles. The molecule has 3 aromatic carbocycles. The molecular formula is C24H21NO4. The summed E-state index contributed by atoms with van der Waals surface area (Å²) in [5.74, 6) is -0.948. The Bertz CT molecular complexity index is 1010. The van der Waals surface area contributed by atoms with Crippen LogP contribution in [0.25, 0.3) is 11.1 Å². The van der Waals surface area contributed by atoms with E-state index in [1.54, 1.807) is 19.2 Å². The minimum absolute atomic E-state index is 0.0228. The molecule has 5 heteroatoms. The van der Waals surface area contributed by atoms with Gasteiger partial charge < -0.3 is 14.7 Å². The van der Waals surface area contributed by atoms with Gasteiger partial charge in [-0.1, -0.05) is 60.7 Å². The molecule has 1 aliphatic rings. The van der Waals surface area contributed by atoms with Crippen molar-refractivity contribution in [1.82, 2.24) is 4.90 Å². The largest absolute Gasteiger partial charge is 0.478 e. The molecule has 29 heavy (non-hydrogen) atoms. The Kier molecular flexibility index (Phi) is 5.04. The van der Waals surface area contributed by atoms with E-state index < -0.39 is 12.1 Å². The summed E-state index contributed by atoms with van der Waals surface area (Å²) in [6, 6.07) is 22.9. The lowest BCUT2D eigenvalue weighted by atomic mass is 9.98. The van der Waals surface area contributed by atoms with E-state index >= 15 is 0 Å². The molecule has 0 unspecified atom stereocenters. The maximum absolute atomic E-state index is 12.5. The molecule has 0 aromatic heterocycles. The predicted octanol–water partition coefficient (Wildman–Crippen LogP) is 4.77. The molecule has 0 spiro atoms. The van der Waals surface area contributed by atoms with E-state index in [0.29, 0.717) is 6.54 Å². The minimum atomic E-state index is -0.971. The first-order valence-electron chi connectivity index (χ1n) is 9.43. The van der Waals surface area contributed by atoms with E-state index in [-0.39, 0.29) is 18.1 Å². The number of hydrogen-bond acceptors (Lipinski definition) is 3. The second-order valence-electron chi connectivity index (χ2n) is 7.16. The Morgan fingerprint density at radius 3 is 2.00 bits per heavy atom. The molecule has 4 rings (SSSR count). The van der Waals surface area contributed by atoms with E-state index in [1.165, 1.54) is 39.3 Å². The monoisotopic (exact) mass is 387 g/mol. The van der Waals surface area contributed by atoms with E-state index in [2.05, 4.69) is 24.3 Å². The van der Waals surface area contributed by atoms with E-state index in [9.17, 15) is 9.59 Å². The molecule has 0 fully saturated rings. The Morgan fingerprint density at radius 2 is 1.45 bits per heavy atom. The number of aromatic carboxylic acids is 1. The normalized spacial score (nSPS) is 12.2. The molecule has 5 nitrogen and oxygen atoms in total. The average molecular weight is 387 g/mol. The van der Waals surface area contributed by atoms with Gasteiger partial charge in [-0.25, -0.2) is 9.59 Å². The van der Waals surface area contributed by atoms with Crippen LogP contribution in [0.4, 0.5) is 4.79 Å². The van der Waals surface area contributed by atoms with Gasteiger partial charge in [0.25, 0.3) is 0 Å². The fourth-order valence-corrected chi connectivity index (χ4v) is 3.80. The van der Waals surface area contributed by atoms with Crippen molar-refractivity contribution in [2.45, 2.75) is 12.5 Å². The number of hydrogen-bond donors (Lipinski definition) is 1. The third-order valence-electron chi connectivity index (χ3n) is 5.27. The van der Waals surface area contributed by atoms with Crippen LogP contribution in [0.2, 0.25) is 0 Å². The number of carboxylic acids is 1. The maximum atomic E-state index is 12.5. The van der Waals surface area contributed by atoms with Crippen LogP contribution in [0.1, 0.15) is 33.0 Å². The van der Waals surface area contributed by atoms with Crippen molar-refractivity contribution in [2.75, 3.05) is 13.7 Å². The molecule has 0 bridgehead atoms. The third-order valence-corrected chi connectivity index (χ3v) is 5.27. The van der Waals surface area contributed by atoms with Gasteiger partial charge in [0.1, 0.15) is 6.61 Å². The molecule has 0 radical (unpaired) electrons. The highest BCUT2D eigenvalue weighted by molar-refractivity contribution is 5.87. The van der Waals surface area contributed by atoms with Crippen LogP contribution < -0.4 is 0 Å². The fourth-order valence-electron chi connectivity index (χ4n) is 3.80. The van der Waals surface area contributed by atoms with Crippen molar-refractivity contribution in [3.8, 4) is 11.1 Å². The highest BCUT2D eigenvalue weighted by Gasteiger charge is 2.29. The highest BCUT2D eigenvalue weighted by Crippen LogP contribution is 2.44. The van der Waals surface area contributed by atoms with Crippen LogP contribution in [-0.2, 0) is 11.3 Å². The number of nitrogens with zero attached hydrogens (tertiary/aromatic N) is 1. The summed E-state index contributed by atoms with van der Waals surface area (Å²) in [5, 5.41) is 8.97. The van der Waals surface area contributed by atoms with Gasteiger partial charge in [-0.15, -0.1) is 0 Å². The van der Waals surface area contributed by atoms with Crippen LogP contribution in [0.15, 0.2) is 72.8 Å². The Balaban J connectivity index is 1.42. The zero-order valence-corrected chi connectivity index (χ0v) is 16.0. The van der Waals surface area contributed by atoms with Gasteiger partial charge in [0.2, 0.25) is 0 Å². The second kappa shape index (κ2) is 7.80. The van der Waals surface area contributed by atoms with Crippen LogP contribution in [0.5, 0.6) is 0 Å². The van der Waals surface area contributed by atoms with Gasteiger partial charge in [0.05, 0.1) is 5.56 Å². The standard InChI is InChI=1S/C24H21NO4/c1-25(14-16-10-12-17(13-11-16)23(26)27)24(28)29-15-22-20-8-4-2-6-18(20)19-7-3-5-9-21(19)22/h2-13,22H,14-15H2,1H3,(H,26,27). The smallest absolute Gasteiger partial charge is 0.409 e. The van der Waals surface area contributed by atoms with Crippen LogP contribution in [-0.4, -0.2) is 35.7 Å². The zero-order valence-electron chi connectivity index (χ0n) is 16.0. The van der Waals surface area contributed by atoms with Gasteiger partial charge in [0.15, 0.2) is 0 Å². The lowest BCUT2D eigenvalue weighted by Gasteiger charge is -2.20. The maximum Gasteiger partial charge on any atom is 0.409 e. The molecule has 0 aliphatic heterocycles. The molecule has 1 N–H and O–H groups in total. The summed E-state index contributed by atoms with van der Waals surface area (Å²) in [4.78, 5) is 24.9. The van der Waals surface area contributed by atoms with Gasteiger partial charge in [-0.05, 0) is 39.9 Å². The Morgan fingerprint density at radius 1 is 0.897 bits per heavy atom. The number of ether oxygens (including phenoxy) is 1. The summed E-state index contributed by atoms with van der Waals surface area (Å²) < 4.78 is 5.63. The first-order chi connectivity index (χ1) is 14.0. The molecule has 146 valence electrons. The first-order valence-corrected chi connectivity index (χ1v) is 9.43. The summed E-state index contributed by atoms with van der Waals surface area (Å²) in [6.45, 7) is 0.617. The summed E-state index contributed by atoms with van der Waals surface area (Å²) >= 11 is 0. The first kappa shape index (κ1) is 18.7. The van der Waals surface area contributed by atoms with Crippen molar-refractivity contribution in [2.24, 2.45) is 0 Å². The van der Waals surface area contributed by atoms with Crippen molar-refractivity contribution < 1.29 is 19.4 Å². The SMILES string of the molecule is CN(Cc1ccc(C(=O)O)cc1)C(=O)OCC1c2ccccc2-c2ccccc21. The third kappa shape index (κ3) is 3.72. The van der Waals surface area contributed by atoms with Gasteiger partial charge in [-0.2, -0.15) is 0 Å². The number of carboxylic acid groups (broad SMARTS) is 1. The quantitative estimate of drug-likeness (QED) is 0.685. The van der Waals surface area contributed by atoms with Gasteiger partial charge in [0, 0.05) is 19.5 Å². The summed E-state index contributed by atoms with van der Waals surface area (Å²) in [7, 11) is 1.67. The Labute approximate surface area is 169 Å². The minimum Gasteiger partial charge on any atom is -0.478 e. The van der Waals surface area contributed by atoms with Crippen molar-refractivity contribution in [1.29, 1.82) is 0 Å². The second-order valence-corrected chi connectivity index (χ2v) is 7.16. The number of benzene rings is 3. The topological polar surface area (TPSA) is 66.8 Å². The van der Waals surface area contributed by atoms with E-state index in [0.717, 1.165) is 5.56 Å². The highest BCUT2D eigenvalue weighted by atomic mass is 16.6. The van der Waals surface area contributed by atoms with Crippen molar-refractivity contribution in [3.05, 3.63) is 95.1 Å². The molecule has 1 aliphatic carbocycles. The van der Waals surface area contributed by atoms with Gasteiger partial charge >= 0.3 is 12.1 Å². The lowest BCUT2D eigenvalue weighted by molar-refractivity contribution is 0.0696. The van der Waals surface area contributed by atoms with Gasteiger partial charge in [-0.3, -0.25) is 0 Å². The van der Waals surface area contributed by atoms with Crippen LogP contribution in [0.3, 0.4) is 0 Å². The van der Waals surface area contributed by atoms with Crippen LogP contribution >= 0.6 is 0 Å². The predicted molar refractivity (Wildman–Crippen MR) is 110 cm³/mol. The molecule has 0 saturated carbocycles. The average Bonchev–Trinajstić information content (AvgIpc) is 3.06. The number of fused-ring (bicyclic) bond motifs is 3. The fraction of sp³-hybridized carbons (Fsp3) is 0.167. The zero-order chi connectivity index (χ0) is 20.4. The molecule has 0 atom stereocenters. The van der Waals surface area contributed by atoms with Crippen molar-refractivity contribution in [3.63, 3.8) is 0 Å². The van der Waals surface area contributed by atoms with E-state index in [1.807, 2.05) is 24.3 Å². The van der Waals surface area contributed by atoms with E-state index in [4.69, 9.17) is 9.84 Å². The number of amides is 1.